The van der Waals surface area contributed by atoms with E-state index in [-0.39, 0.29) is 18.2 Å². The summed E-state index contributed by atoms with van der Waals surface area (Å²) in [7, 11) is 0. The van der Waals surface area contributed by atoms with Crippen molar-refractivity contribution in [2.24, 2.45) is 0 Å². The van der Waals surface area contributed by atoms with Crippen LogP contribution in [0.3, 0.4) is 0 Å². The first kappa shape index (κ1) is 23.6. The van der Waals surface area contributed by atoms with Gasteiger partial charge in [-0.2, -0.15) is 5.26 Å². The fourth-order valence-electron chi connectivity index (χ4n) is 4.21. The van der Waals surface area contributed by atoms with Crippen LogP contribution in [-0.2, 0) is 11.4 Å². The summed E-state index contributed by atoms with van der Waals surface area (Å²) in [5.74, 6) is 1.12. The number of hydrogen-bond acceptors (Lipinski definition) is 5. The van der Waals surface area contributed by atoms with Crippen molar-refractivity contribution in [2.75, 3.05) is 17.4 Å². The lowest BCUT2D eigenvalue weighted by atomic mass is 9.86. The molecule has 3 aromatic rings. The largest absolute Gasteiger partial charge is 0.489 e. The fraction of sp³-hybridized carbons (Fsp3) is 0.185. The first-order chi connectivity index (χ1) is 17.0. The molecule has 1 atom stereocenters. The second kappa shape index (κ2) is 10.2. The maximum absolute atomic E-state index is 13.1. The monoisotopic (exact) mass is 521 g/mol. The van der Waals surface area contributed by atoms with Gasteiger partial charge in [-0.1, -0.05) is 59.2 Å². The van der Waals surface area contributed by atoms with E-state index in [0.717, 1.165) is 27.6 Å². The third-order valence-corrected chi connectivity index (χ3v) is 7.74. The minimum Gasteiger partial charge on any atom is -0.489 e. The number of benzene rings is 3. The van der Waals surface area contributed by atoms with Crippen molar-refractivity contribution in [1.82, 2.24) is 4.90 Å². The molecule has 8 heteroatoms. The average Bonchev–Trinajstić information content (AvgIpc) is 2.89. The smallest absolute Gasteiger partial charge is 0.229 e. The summed E-state index contributed by atoms with van der Waals surface area (Å²) in [4.78, 5) is 17.0. The quantitative estimate of drug-likeness (QED) is 0.369. The summed E-state index contributed by atoms with van der Waals surface area (Å²) >= 11 is 13.5. The lowest BCUT2D eigenvalue weighted by Crippen LogP contribution is -2.47. The van der Waals surface area contributed by atoms with Gasteiger partial charge in [-0.15, -0.1) is 0 Å². The van der Waals surface area contributed by atoms with Crippen LogP contribution in [0.25, 0.3) is 0 Å². The van der Waals surface area contributed by atoms with Gasteiger partial charge in [0.15, 0.2) is 0 Å². The Balaban J connectivity index is 1.31. The zero-order valence-corrected chi connectivity index (χ0v) is 21.0. The fourth-order valence-corrected chi connectivity index (χ4v) is 5.63. The van der Waals surface area contributed by atoms with Crippen molar-refractivity contribution in [3.8, 4) is 11.8 Å². The Hall–Kier alpha value is -3.11. The number of anilines is 1. The van der Waals surface area contributed by atoms with Crippen LogP contribution < -0.4 is 9.64 Å². The number of thioether (sulfide) groups is 1. The Kier molecular flexibility index (Phi) is 6.92. The summed E-state index contributed by atoms with van der Waals surface area (Å²) in [6.07, 6.45) is 0.256. The number of nitriles is 1. The van der Waals surface area contributed by atoms with Crippen LogP contribution >= 0.6 is 35.0 Å². The molecule has 2 aliphatic rings. The molecule has 3 aromatic carbocycles. The number of ether oxygens (including phenoxy) is 1. The van der Waals surface area contributed by atoms with Gasteiger partial charge in [0.2, 0.25) is 5.91 Å². The van der Waals surface area contributed by atoms with Crippen molar-refractivity contribution >= 4 is 46.6 Å². The summed E-state index contributed by atoms with van der Waals surface area (Å²) in [6.45, 7) is 0.847. The molecule has 1 saturated heterocycles. The molecule has 0 bridgehead atoms. The maximum atomic E-state index is 13.1. The molecular weight excluding hydrogens is 501 g/mol. The zero-order chi connectivity index (χ0) is 24.4. The van der Waals surface area contributed by atoms with E-state index < -0.39 is 0 Å². The first-order valence-electron chi connectivity index (χ1n) is 11.1. The number of halogens is 2. The molecule has 0 aliphatic carbocycles. The SMILES string of the molecule is N#CC1=C2SCN(c3ccc(Cl)cc3)CN2C(=O)C[C@H]1c1ccc(OCc2ccc(Cl)cc2)cc1. The predicted octanol–water partition coefficient (Wildman–Crippen LogP) is 6.79. The van der Waals surface area contributed by atoms with Crippen LogP contribution in [0, 0.1) is 11.3 Å². The molecule has 2 heterocycles. The average molecular weight is 522 g/mol. The highest BCUT2D eigenvalue weighted by Gasteiger charge is 2.38. The Morgan fingerprint density at radius 3 is 2.29 bits per heavy atom. The maximum Gasteiger partial charge on any atom is 0.229 e. The minimum absolute atomic E-state index is 0.0122. The van der Waals surface area contributed by atoms with Gasteiger partial charge < -0.3 is 9.64 Å². The van der Waals surface area contributed by atoms with Crippen LogP contribution in [0.4, 0.5) is 5.69 Å². The molecule has 2 aliphatic heterocycles. The molecule has 0 radical (unpaired) electrons. The van der Waals surface area contributed by atoms with Gasteiger partial charge in [0.05, 0.1) is 29.2 Å². The van der Waals surface area contributed by atoms with Crippen LogP contribution in [0.15, 0.2) is 83.4 Å². The van der Waals surface area contributed by atoms with Crippen LogP contribution in [0.2, 0.25) is 10.0 Å². The van der Waals surface area contributed by atoms with E-state index in [1.807, 2.05) is 72.8 Å². The van der Waals surface area contributed by atoms with Gasteiger partial charge in [0.25, 0.3) is 0 Å². The molecule has 1 amide bonds. The number of nitrogens with zero attached hydrogens (tertiary/aromatic N) is 3. The summed E-state index contributed by atoms with van der Waals surface area (Å²) in [5.41, 5.74) is 3.58. The number of allylic oxidation sites excluding steroid dienone is 1. The van der Waals surface area contributed by atoms with E-state index in [2.05, 4.69) is 11.0 Å². The Labute approximate surface area is 218 Å². The van der Waals surface area contributed by atoms with Gasteiger partial charge in [-0.3, -0.25) is 9.69 Å². The number of carbonyl (C=O) groups is 1. The van der Waals surface area contributed by atoms with Crippen LogP contribution in [0.1, 0.15) is 23.5 Å². The number of carbonyl (C=O) groups excluding carboxylic acids is 1. The van der Waals surface area contributed by atoms with E-state index in [1.54, 1.807) is 4.90 Å². The number of rotatable bonds is 5. The van der Waals surface area contributed by atoms with Gasteiger partial charge in [0.1, 0.15) is 12.4 Å². The standard InChI is InChI=1S/C27H21Cl2N3O2S/c28-20-5-1-18(2-6-20)15-34-23-11-3-19(4-12-23)24-13-26(33)32-16-31(17-35-27(32)25(24)14-30)22-9-7-21(29)8-10-22/h1-12,24H,13,15-17H2/t24-/m0/s1. The van der Waals surface area contributed by atoms with E-state index in [1.165, 1.54) is 11.8 Å². The van der Waals surface area contributed by atoms with Gasteiger partial charge in [0, 0.05) is 28.1 Å². The molecule has 1 fully saturated rings. The highest BCUT2D eigenvalue weighted by atomic mass is 35.5. The molecule has 0 N–H and O–H groups in total. The molecule has 35 heavy (non-hydrogen) atoms. The van der Waals surface area contributed by atoms with E-state index in [4.69, 9.17) is 27.9 Å². The van der Waals surface area contributed by atoms with Crippen LogP contribution in [-0.4, -0.2) is 23.4 Å². The molecule has 5 nitrogen and oxygen atoms in total. The molecule has 0 aromatic heterocycles. The Morgan fingerprint density at radius 1 is 0.971 bits per heavy atom. The highest BCUT2D eigenvalue weighted by molar-refractivity contribution is 8.03. The lowest BCUT2D eigenvalue weighted by Gasteiger charge is -2.42. The predicted molar refractivity (Wildman–Crippen MR) is 140 cm³/mol. The van der Waals surface area contributed by atoms with E-state index >= 15 is 0 Å². The summed E-state index contributed by atoms with van der Waals surface area (Å²) < 4.78 is 5.88. The highest BCUT2D eigenvalue weighted by Crippen LogP contribution is 2.43. The molecule has 5 rings (SSSR count). The van der Waals surface area contributed by atoms with Crippen molar-refractivity contribution in [3.05, 3.63) is 105 Å². The number of hydrogen-bond donors (Lipinski definition) is 0. The summed E-state index contributed by atoms with van der Waals surface area (Å²) in [6, 6.07) is 25.1. The number of fused-ring (bicyclic) bond motifs is 1. The van der Waals surface area contributed by atoms with E-state index in [0.29, 0.717) is 34.8 Å². The third kappa shape index (κ3) is 5.13. The van der Waals surface area contributed by atoms with Gasteiger partial charge >= 0.3 is 0 Å². The van der Waals surface area contributed by atoms with Crippen molar-refractivity contribution in [3.63, 3.8) is 0 Å². The lowest BCUT2D eigenvalue weighted by molar-refractivity contribution is -0.129. The topological polar surface area (TPSA) is 56.6 Å². The normalized spacial score (nSPS) is 17.7. The van der Waals surface area contributed by atoms with Gasteiger partial charge in [-0.25, -0.2) is 0 Å². The van der Waals surface area contributed by atoms with Crippen molar-refractivity contribution in [2.45, 2.75) is 18.9 Å². The Morgan fingerprint density at radius 2 is 1.63 bits per heavy atom. The van der Waals surface area contributed by atoms with Gasteiger partial charge in [-0.05, 0) is 59.7 Å². The molecule has 0 spiro atoms. The molecular formula is C27H21Cl2N3O2S. The minimum atomic E-state index is -0.265. The molecule has 0 saturated carbocycles. The van der Waals surface area contributed by atoms with Crippen LogP contribution in [0.5, 0.6) is 5.75 Å². The second-order valence-corrected chi connectivity index (χ2v) is 10.1. The second-order valence-electron chi connectivity index (χ2n) is 8.32. The molecule has 0 unspecified atom stereocenters. The number of amides is 1. The third-order valence-electron chi connectivity index (χ3n) is 6.09. The first-order valence-corrected chi connectivity index (χ1v) is 12.8. The Bertz CT molecular complexity index is 1300. The van der Waals surface area contributed by atoms with Crippen molar-refractivity contribution < 1.29 is 9.53 Å². The van der Waals surface area contributed by atoms with Crippen molar-refractivity contribution in [1.29, 1.82) is 5.26 Å². The summed E-state index contributed by atoms with van der Waals surface area (Å²) in [5, 5.41) is 12.1. The van der Waals surface area contributed by atoms with E-state index in [9.17, 15) is 10.1 Å². The molecule has 176 valence electrons. The zero-order valence-electron chi connectivity index (χ0n) is 18.7.